The number of thiocarbonyl (C=S) groups is 1. The number of pyridine rings is 1. The van der Waals surface area contributed by atoms with Crippen molar-refractivity contribution in [1.82, 2.24) is 14.9 Å². The summed E-state index contributed by atoms with van der Waals surface area (Å²) < 4.78 is 16.2. The summed E-state index contributed by atoms with van der Waals surface area (Å²) in [6.45, 7) is 1.77. The van der Waals surface area contributed by atoms with Crippen LogP contribution in [0, 0.1) is 12.7 Å². The standard InChI is InChI=1S/C25H21FN4S/c1-17-16-19(12-13-20(17)26)30-24(23(28-25(30)31)21-10-5-6-14-27-21)22-11-7-15-29(22)18-8-3-2-4-9-18/h2-16,23-24H,1H3,(H,28,31)/t23-,24+/m1/s1. The molecular weight excluding hydrogens is 407 g/mol. The van der Waals surface area contributed by atoms with Crippen LogP contribution in [0.25, 0.3) is 5.69 Å². The minimum Gasteiger partial charge on any atom is -0.351 e. The number of nitrogens with one attached hydrogen (secondary N) is 1. The first kappa shape index (κ1) is 19.5. The van der Waals surface area contributed by atoms with Gasteiger partial charge in [0.25, 0.3) is 0 Å². The average molecular weight is 429 g/mol. The number of hydrogen-bond acceptors (Lipinski definition) is 2. The Kier molecular flexibility index (Phi) is 5.00. The van der Waals surface area contributed by atoms with Gasteiger partial charge in [-0.15, -0.1) is 0 Å². The number of halogens is 1. The number of anilines is 1. The van der Waals surface area contributed by atoms with Crippen LogP contribution in [0.3, 0.4) is 0 Å². The molecule has 1 saturated heterocycles. The van der Waals surface area contributed by atoms with Gasteiger partial charge in [-0.3, -0.25) is 4.98 Å². The lowest BCUT2D eigenvalue weighted by Crippen LogP contribution is -2.30. The van der Waals surface area contributed by atoms with Crippen LogP contribution >= 0.6 is 12.2 Å². The van der Waals surface area contributed by atoms with Crippen LogP contribution < -0.4 is 10.2 Å². The molecule has 1 N–H and O–H groups in total. The normalized spacial score (nSPS) is 18.3. The highest BCUT2D eigenvalue weighted by molar-refractivity contribution is 7.80. The summed E-state index contributed by atoms with van der Waals surface area (Å²) in [6, 6.07) is 25.0. The molecule has 6 heteroatoms. The minimum absolute atomic E-state index is 0.156. The van der Waals surface area contributed by atoms with Gasteiger partial charge in [-0.1, -0.05) is 24.3 Å². The maximum absolute atomic E-state index is 14.0. The van der Waals surface area contributed by atoms with Gasteiger partial charge >= 0.3 is 0 Å². The molecule has 3 heterocycles. The molecule has 4 aromatic rings. The molecule has 0 bridgehead atoms. The zero-order valence-electron chi connectivity index (χ0n) is 16.9. The second-order valence-electron chi connectivity index (χ2n) is 7.57. The predicted molar refractivity (Wildman–Crippen MR) is 125 cm³/mol. The van der Waals surface area contributed by atoms with Crippen LogP contribution in [-0.2, 0) is 0 Å². The lowest BCUT2D eigenvalue weighted by atomic mass is 10.0. The highest BCUT2D eigenvalue weighted by Crippen LogP contribution is 2.42. The molecule has 1 fully saturated rings. The van der Waals surface area contributed by atoms with Gasteiger partial charge in [-0.25, -0.2) is 4.39 Å². The number of nitrogens with zero attached hydrogens (tertiary/aromatic N) is 3. The SMILES string of the molecule is Cc1cc(N2C(=S)N[C@H](c3ccccn3)[C@@H]2c2cccn2-c2ccccc2)ccc1F. The van der Waals surface area contributed by atoms with Crippen molar-refractivity contribution < 1.29 is 4.39 Å². The van der Waals surface area contributed by atoms with Gasteiger partial charge in [0.05, 0.1) is 11.7 Å². The van der Waals surface area contributed by atoms with Crippen molar-refractivity contribution in [2.24, 2.45) is 0 Å². The fourth-order valence-electron chi connectivity index (χ4n) is 4.17. The fraction of sp³-hybridized carbons (Fsp3) is 0.120. The minimum atomic E-state index is -0.229. The molecule has 0 unspecified atom stereocenters. The molecular formula is C25H21FN4S. The molecule has 2 atom stereocenters. The van der Waals surface area contributed by atoms with Gasteiger partial charge in [0.1, 0.15) is 11.9 Å². The molecule has 5 rings (SSSR count). The van der Waals surface area contributed by atoms with Crippen LogP contribution in [0.2, 0.25) is 0 Å². The van der Waals surface area contributed by atoms with E-state index in [-0.39, 0.29) is 17.9 Å². The Labute approximate surface area is 186 Å². The Hall–Kier alpha value is -3.51. The Bertz CT molecular complexity index is 1220. The van der Waals surface area contributed by atoms with Gasteiger partial charge in [-0.2, -0.15) is 0 Å². The highest BCUT2D eigenvalue weighted by Gasteiger charge is 2.42. The zero-order chi connectivity index (χ0) is 21.4. The van der Waals surface area contributed by atoms with Gasteiger partial charge in [0, 0.05) is 29.5 Å². The molecule has 2 aromatic heterocycles. The topological polar surface area (TPSA) is 33.1 Å². The molecule has 154 valence electrons. The van der Waals surface area contributed by atoms with Crippen molar-refractivity contribution in [3.05, 3.63) is 114 Å². The largest absolute Gasteiger partial charge is 0.351 e. The first-order chi connectivity index (χ1) is 15.1. The third-order valence-corrected chi connectivity index (χ3v) is 5.95. The summed E-state index contributed by atoms with van der Waals surface area (Å²) in [6.07, 6.45) is 3.84. The lowest BCUT2D eigenvalue weighted by Gasteiger charge is -2.29. The van der Waals surface area contributed by atoms with E-state index in [0.29, 0.717) is 10.7 Å². The molecule has 1 aliphatic rings. The second-order valence-corrected chi connectivity index (χ2v) is 7.96. The van der Waals surface area contributed by atoms with Crippen LogP contribution in [0.1, 0.15) is 29.0 Å². The summed E-state index contributed by atoms with van der Waals surface area (Å²) in [5.74, 6) is -0.229. The first-order valence-corrected chi connectivity index (χ1v) is 10.5. The lowest BCUT2D eigenvalue weighted by molar-refractivity contribution is 0.549. The van der Waals surface area contributed by atoms with Crippen molar-refractivity contribution in [3.8, 4) is 5.69 Å². The van der Waals surface area contributed by atoms with Crippen molar-refractivity contribution in [3.63, 3.8) is 0 Å². The summed E-state index contributed by atoms with van der Waals surface area (Å²) in [4.78, 5) is 6.66. The number of aromatic nitrogens is 2. The van der Waals surface area contributed by atoms with Gasteiger partial charge in [-0.05, 0) is 79.3 Å². The molecule has 0 spiro atoms. The Balaban J connectivity index is 1.68. The predicted octanol–water partition coefficient (Wildman–Crippen LogP) is 5.50. The number of aryl methyl sites for hydroxylation is 1. The van der Waals surface area contributed by atoms with E-state index in [1.54, 1.807) is 19.2 Å². The van der Waals surface area contributed by atoms with Crippen LogP contribution in [0.4, 0.5) is 10.1 Å². The van der Waals surface area contributed by atoms with Gasteiger partial charge in [0.2, 0.25) is 0 Å². The summed E-state index contributed by atoms with van der Waals surface area (Å²) >= 11 is 5.77. The van der Waals surface area contributed by atoms with E-state index in [1.807, 2.05) is 48.5 Å². The van der Waals surface area contributed by atoms with Crippen molar-refractivity contribution in [2.75, 3.05) is 4.90 Å². The third-order valence-electron chi connectivity index (χ3n) is 5.64. The van der Waals surface area contributed by atoms with E-state index in [4.69, 9.17) is 12.2 Å². The highest BCUT2D eigenvalue weighted by atomic mass is 32.1. The number of para-hydroxylation sites is 1. The van der Waals surface area contributed by atoms with E-state index in [2.05, 4.69) is 44.2 Å². The summed E-state index contributed by atoms with van der Waals surface area (Å²) in [5.41, 5.74) is 4.46. The summed E-state index contributed by atoms with van der Waals surface area (Å²) in [7, 11) is 0. The van der Waals surface area contributed by atoms with Crippen molar-refractivity contribution >= 4 is 23.0 Å². The molecule has 0 saturated carbocycles. The molecule has 31 heavy (non-hydrogen) atoms. The van der Waals surface area contributed by atoms with Crippen LogP contribution in [0.15, 0.2) is 91.3 Å². The third kappa shape index (κ3) is 3.49. The van der Waals surface area contributed by atoms with E-state index in [9.17, 15) is 4.39 Å². The molecule has 4 nitrogen and oxygen atoms in total. The fourth-order valence-corrected chi connectivity index (χ4v) is 4.52. The van der Waals surface area contributed by atoms with Crippen LogP contribution in [0.5, 0.6) is 0 Å². The smallest absolute Gasteiger partial charge is 0.174 e. The molecule has 0 aliphatic carbocycles. The molecule has 1 aliphatic heterocycles. The second kappa shape index (κ2) is 7.96. The molecule has 0 radical (unpaired) electrons. The van der Waals surface area contributed by atoms with E-state index < -0.39 is 0 Å². The Morgan fingerprint density at radius 1 is 0.935 bits per heavy atom. The summed E-state index contributed by atoms with van der Waals surface area (Å²) in [5, 5.41) is 4.05. The van der Waals surface area contributed by atoms with E-state index >= 15 is 0 Å². The molecule has 0 amide bonds. The molecule has 2 aromatic carbocycles. The zero-order valence-corrected chi connectivity index (χ0v) is 17.8. The van der Waals surface area contributed by atoms with E-state index in [0.717, 1.165) is 22.8 Å². The van der Waals surface area contributed by atoms with Gasteiger partial charge in [0.15, 0.2) is 5.11 Å². The first-order valence-electron chi connectivity index (χ1n) is 10.1. The monoisotopic (exact) mass is 428 g/mol. The average Bonchev–Trinajstić information content (AvgIpc) is 3.41. The number of hydrogen-bond donors (Lipinski definition) is 1. The van der Waals surface area contributed by atoms with Crippen molar-refractivity contribution in [1.29, 1.82) is 0 Å². The quantitative estimate of drug-likeness (QED) is 0.435. The Morgan fingerprint density at radius 2 is 1.74 bits per heavy atom. The van der Waals surface area contributed by atoms with Crippen LogP contribution in [-0.4, -0.2) is 14.7 Å². The maximum atomic E-state index is 14.0. The van der Waals surface area contributed by atoms with E-state index in [1.165, 1.54) is 6.07 Å². The Morgan fingerprint density at radius 3 is 2.48 bits per heavy atom. The number of rotatable bonds is 4. The van der Waals surface area contributed by atoms with Gasteiger partial charge < -0.3 is 14.8 Å². The van der Waals surface area contributed by atoms with Crippen molar-refractivity contribution in [2.45, 2.75) is 19.0 Å². The number of benzene rings is 2. The maximum Gasteiger partial charge on any atom is 0.174 e.